The molecule has 2 aromatic rings. The van der Waals surface area contributed by atoms with Gasteiger partial charge in [-0.2, -0.15) is 0 Å². The van der Waals surface area contributed by atoms with Crippen LogP contribution in [0.2, 0.25) is 0 Å². The van der Waals surface area contributed by atoms with Crippen molar-refractivity contribution in [1.29, 1.82) is 0 Å². The second kappa shape index (κ2) is 2.91. The van der Waals surface area contributed by atoms with Gasteiger partial charge in [-0.05, 0) is 18.2 Å². The first kappa shape index (κ1) is 8.16. The van der Waals surface area contributed by atoms with Crippen molar-refractivity contribution in [1.82, 2.24) is 5.16 Å². The predicted octanol–water partition coefficient (Wildman–Crippen LogP) is 1.65. The third-order valence-electron chi connectivity index (χ3n) is 2.19. The summed E-state index contributed by atoms with van der Waals surface area (Å²) in [7, 11) is 0. The Kier molecular flexibility index (Phi) is 1.58. The minimum atomic E-state index is 0.261. The summed E-state index contributed by atoms with van der Waals surface area (Å²) in [4.78, 5) is 0. The lowest BCUT2D eigenvalue weighted by Crippen LogP contribution is -1.92. The van der Waals surface area contributed by atoms with Gasteiger partial charge in [0.2, 0.25) is 6.79 Å². The molecule has 0 bridgehead atoms. The molecule has 0 atom stereocenters. The summed E-state index contributed by atoms with van der Waals surface area (Å²) in [6.45, 7) is 0.261. The van der Waals surface area contributed by atoms with Crippen molar-refractivity contribution in [3.63, 3.8) is 0 Å². The number of benzene rings is 1. The Hall–Kier alpha value is -2.17. The van der Waals surface area contributed by atoms with Crippen molar-refractivity contribution < 1.29 is 14.0 Å². The largest absolute Gasteiger partial charge is 0.454 e. The van der Waals surface area contributed by atoms with Crippen LogP contribution in [-0.2, 0) is 0 Å². The van der Waals surface area contributed by atoms with Gasteiger partial charge >= 0.3 is 0 Å². The van der Waals surface area contributed by atoms with E-state index >= 15 is 0 Å². The van der Waals surface area contributed by atoms with E-state index in [0.29, 0.717) is 17.3 Å². The van der Waals surface area contributed by atoms with Gasteiger partial charge in [-0.1, -0.05) is 5.16 Å². The highest BCUT2D eigenvalue weighted by Gasteiger charge is 2.15. The number of hydrogen-bond acceptors (Lipinski definition) is 5. The van der Waals surface area contributed by atoms with Crippen LogP contribution in [0.4, 0.5) is 5.82 Å². The molecule has 3 rings (SSSR count). The van der Waals surface area contributed by atoms with E-state index in [1.807, 2.05) is 18.2 Å². The Morgan fingerprint density at radius 2 is 2.00 bits per heavy atom. The van der Waals surface area contributed by atoms with Crippen molar-refractivity contribution in [3.05, 3.63) is 24.3 Å². The normalized spacial score (nSPS) is 13.1. The van der Waals surface area contributed by atoms with Gasteiger partial charge in [0.15, 0.2) is 23.1 Å². The van der Waals surface area contributed by atoms with Crippen LogP contribution in [0, 0.1) is 0 Å². The first-order valence-electron chi connectivity index (χ1n) is 4.45. The molecule has 76 valence electrons. The third-order valence-corrected chi connectivity index (χ3v) is 2.19. The number of fused-ring (bicyclic) bond motifs is 1. The molecule has 1 aromatic carbocycles. The van der Waals surface area contributed by atoms with Crippen molar-refractivity contribution in [2.75, 3.05) is 12.5 Å². The number of ether oxygens (including phenoxy) is 2. The minimum absolute atomic E-state index is 0.261. The van der Waals surface area contributed by atoms with E-state index in [0.717, 1.165) is 11.3 Å². The molecule has 0 saturated heterocycles. The number of anilines is 1. The molecule has 0 amide bonds. The summed E-state index contributed by atoms with van der Waals surface area (Å²) >= 11 is 0. The van der Waals surface area contributed by atoms with E-state index in [4.69, 9.17) is 19.7 Å². The van der Waals surface area contributed by atoms with Gasteiger partial charge in [0.1, 0.15) is 0 Å². The van der Waals surface area contributed by atoms with Gasteiger partial charge in [-0.3, -0.25) is 0 Å². The van der Waals surface area contributed by atoms with Crippen LogP contribution in [0.1, 0.15) is 0 Å². The maximum atomic E-state index is 5.47. The molecule has 0 unspecified atom stereocenters. The quantitative estimate of drug-likeness (QED) is 0.764. The van der Waals surface area contributed by atoms with E-state index in [2.05, 4.69) is 5.16 Å². The average Bonchev–Trinajstić information content (AvgIpc) is 2.84. The molecule has 0 spiro atoms. The molecule has 0 radical (unpaired) electrons. The standard InChI is InChI=1S/C10H8N2O3/c11-10-4-8(15-12-10)6-1-2-7-9(3-6)14-5-13-7/h1-4H,5H2,(H2,11,12). The maximum absolute atomic E-state index is 5.47. The lowest BCUT2D eigenvalue weighted by Gasteiger charge is -1.97. The van der Waals surface area contributed by atoms with Crippen LogP contribution >= 0.6 is 0 Å². The van der Waals surface area contributed by atoms with Crippen molar-refractivity contribution in [2.24, 2.45) is 0 Å². The molecule has 2 N–H and O–H groups in total. The van der Waals surface area contributed by atoms with Crippen LogP contribution < -0.4 is 15.2 Å². The fraction of sp³-hybridized carbons (Fsp3) is 0.100. The summed E-state index contributed by atoms with van der Waals surface area (Å²) in [5.41, 5.74) is 6.33. The summed E-state index contributed by atoms with van der Waals surface area (Å²) in [6, 6.07) is 7.20. The zero-order chi connectivity index (χ0) is 10.3. The zero-order valence-electron chi connectivity index (χ0n) is 7.77. The van der Waals surface area contributed by atoms with E-state index < -0.39 is 0 Å². The highest BCUT2D eigenvalue weighted by atomic mass is 16.7. The van der Waals surface area contributed by atoms with Crippen LogP contribution in [0.3, 0.4) is 0 Å². The van der Waals surface area contributed by atoms with Crippen LogP contribution in [0.25, 0.3) is 11.3 Å². The SMILES string of the molecule is Nc1cc(-c2ccc3c(c2)OCO3)on1. The van der Waals surface area contributed by atoms with Crippen molar-refractivity contribution in [2.45, 2.75) is 0 Å². The van der Waals surface area contributed by atoms with Gasteiger partial charge in [0.05, 0.1) is 0 Å². The fourth-order valence-electron chi connectivity index (χ4n) is 1.47. The summed E-state index contributed by atoms with van der Waals surface area (Å²) in [6.07, 6.45) is 0. The van der Waals surface area contributed by atoms with E-state index in [-0.39, 0.29) is 6.79 Å². The molecule has 1 aromatic heterocycles. The van der Waals surface area contributed by atoms with Crippen molar-refractivity contribution in [3.8, 4) is 22.8 Å². The monoisotopic (exact) mass is 204 g/mol. The molecule has 0 saturated carbocycles. The molecule has 0 aliphatic carbocycles. The molecular formula is C10H8N2O3. The summed E-state index contributed by atoms with van der Waals surface area (Å²) in [5.74, 6) is 2.43. The molecule has 15 heavy (non-hydrogen) atoms. The number of nitrogens with zero attached hydrogens (tertiary/aromatic N) is 1. The maximum Gasteiger partial charge on any atom is 0.231 e. The first-order valence-corrected chi connectivity index (χ1v) is 4.45. The number of rotatable bonds is 1. The Morgan fingerprint density at radius 1 is 1.13 bits per heavy atom. The van der Waals surface area contributed by atoms with Crippen LogP contribution in [0.5, 0.6) is 11.5 Å². The molecular weight excluding hydrogens is 196 g/mol. The lowest BCUT2D eigenvalue weighted by molar-refractivity contribution is 0.174. The number of aromatic nitrogens is 1. The molecule has 5 nitrogen and oxygen atoms in total. The van der Waals surface area contributed by atoms with Gasteiger partial charge in [0, 0.05) is 11.6 Å². The molecule has 2 heterocycles. The minimum Gasteiger partial charge on any atom is -0.454 e. The van der Waals surface area contributed by atoms with Gasteiger partial charge in [0.25, 0.3) is 0 Å². The second-order valence-corrected chi connectivity index (χ2v) is 3.18. The third kappa shape index (κ3) is 1.28. The molecule has 1 aliphatic heterocycles. The van der Waals surface area contributed by atoms with Crippen LogP contribution in [0.15, 0.2) is 28.8 Å². The average molecular weight is 204 g/mol. The number of nitrogen functional groups attached to an aromatic ring is 1. The Labute approximate surface area is 85.4 Å². The van der Waals surface area contributed by atoms with Gasteiger partial charge in [-0.25, -0.2) is 0 Å². The summed E-state index contributed by atoms with van der Waals surface area (Å²) in [5, 5.41) is 3.62. The zero-order valence-corrected chi connectivity index (χ0v) is 7.77. The topological polar surface area (TPSA) is 70.5 Å². The second-order valence-electron chi connectivity index (χ2n) is 3.18. The van der Waals surface area contributed by atoms with E-state index in [9.17, 15) is 0 Å². The van der Waals surface area contributed by atoms with E-state index in [1.54, 1.807) is 6.07 Å². The smallest absolute Gasteiger partial charge is 0.231 e. The highest BCUT2D eigenvalue weighted by Crippen LogP contribution is 2.36. The predicted molar refractivity (Wildman–Crippen MR) is 52.5 cm³/mol. The lowest BCUT2D eigenvalue weighted by atomic mass is 10.1. The first-order chi connectivity index (χ1) is 7.33. The molecule has 0 fully saturated rings. The molecule has 1 aliphatic rings. The van der Waals surface area contributed by atoms with Gasteiger partial charge in [-0.15, -0.1) is 0 Å². The van der Waals surface area contributed by atoms with Gasteiger partial charge < -0.3 is 19.7 Å². The van der Waals surface area contributed by atoms with E-state index in [1.165, 1.54) is 0 Å². The molecule has 5 heteroatoms. The fourth-order valence-corrected chi connectivity index (χ4v) is 1.47. The number of nitrogens with two attached hydrogens (primary N) is 1. The van der Waals surface area contributed by atoms with Crippen LogP contribution in [-0.4, -0.2) is 11.9 Å². The Morgan fingerprint density at radius 3 is 2.80 bits per heavy atom. The Bertz CT molecular complexity index is 507. The Balaban J connectivity index is 2.06. The summed E-state index contributed by atoms with van der Waals surface area (Å²) < 4.78 is 15.5. The highest BCUT2D eigenvalue weighted by molar-refractivity contribution is 5.64. The van der Waals surface area contributed by atoms with Crippen molar-refractivity contribution >= 4 is 5.82 Å². The number of hydrogen-bond donors (Lipinski definition) is 1.